The highest BCUT2D eigenvalue weighted by atomic mass is 16.5. The summed E-state index contributed by atoms with van der Waals surface area (Å²) in [5, 5.41) is 1.02. The summed E-state index contributed by atoms with van der Waals surface area (Å²) in [5.41, 5.74) is 3.24. The quantitative estimate of drug-likeness (QED) is 0.719. The molecule has 3 aromatic rings. The van der Waals surface area contributed by atoms with E-state index in [-0.39, 0.29) is 0 Å². The number of fused-ring (bicyclic) bond motifs is 2. The van der Waals surface area contributed by atoms with Gasteiger partial charge < -0.3 is 14.2 Å². The average molecular weight is 350 g/mol. The van der Waals surface area contributed by atoms with Gasteiger partial charge in [-0.2, -0.15) is 0 Å². The minimum Gasteiger partial charge on any atom is -0.493 e. The van der Waals surface area contributed by atoms with E-state index in [1.54, 1.807) is 14.2 Å². The number of aromatic nitrogens is 1. The van der Waals surface area contributed by atoms with Crippen molar-refractivity contribution in [3.05, 3.63) is 59.7 Å². The Morgan fingerprint density at radius 3 is 2.58 bits per heavy atom. The first-order valence-corrected chi connectivity index (χ1v) is 8.71. The Labute approximate surface area is 153 Å². The van der Waals surface area contributed by atoms with Crippen LogP contribution in [0.3, 0.4) is 0 Å². The number of ether oxygens (including phenoxy) is 3. The Bertz CT molecular complexity index is 912. The molecule has 0 atom stereocenters. The molecule has 5 heteroatoms. The van der Waals surface area contributed by atoms with E-state index in [0.29, 0.717) is 24.0 Å². The Morgan fingerprint density at radius 2 is 1.81 bits per heavy atom. The normalized spacial score (nSPS) is 14.4. The fourth-order valence-corrected chi connectivity index (χ4v) is 3.33. The van der Waals surface area contributed by atoms with Crippen LogP contribution < -0.4 is 14.2 Å². The SMILES string of the molecule is COc1cc2cc3c(nc2cc1OC)OCCN(Cc1ccccc1)C3. The summed E-state index contributed by atoms with van der Waals surface area (Å²) < 4.78 is 16.7. The zero-order chi connectivity index (χ0) is 17.9. The van der Waals surface area contributed by atoms with Crippen LogP contribution in [0, 0.1) is 0 Å². The number of hydrogen-bond donors (Lipinski definition) is 0. The van der Waals surface area contributed by atoms with E-state index in [1.807, 2.05) is 18.2 Å². The molecule has 0 aliphatic carbocycles. The molecule has 0 fully saturated rings. The Hall–Kier alpha value is -2.79. The second-order valence-corrected chi connectivity index (χ2v) is 6.40. The molecule has 0 unspecified atom stereocenters. The molecule has 134 valence electrons. The number of hydrogen-bond acceptors (Lipinski definition) is 5. The van der Waals surface area contributed by atoms with Crippen LogP contribution >= 0.6 is 0 Å². The summed E-state index contributed by atoms with van der Waals surface area (Å²) >= 11 is 0. The van der Waals surface area contributed by atoms with E-state index in [4.69, 9.17) is 19.2 Å². The van der Waals surface area contributed by atoms with Gasteiger partial charge in [-0.05, 0) is 17.7 Å². The maximum Gasteiger partial charge on any atom is 0.218 e. The molecule has 5 nitrogen and oxygen atoms in total. The fraction of sp³-hybridized carbons (Fsp3) is 0.286. The second-order valence-electron chi connectivity index (χ2n) is 6.40. The van der Waals surface area contributed by atoms with Gasteiger partial charge in [0.15, 0.2) is 11.5 Å². The number of methoxy groups -OCH3 is 2. The van der Waals surface area contributed by atoms with Gasteiger partial charge in [0, 0.05) is 36.7 Å². The third-order valence-corrected chi connectivity index (χ3v) is 4.65. The molecule has 26 heavy (non-hydrogen) atoms. The number of pyridine rings is 1. The summed E-state index contributed by atoms with van der Waals surface area (Å²) in [5.74, 6) is 2.09. The third-order valence-electron chi connectivity index (χ3n) is 4.65. The predicted octanol–water partition coefficient (Wildman–Crippen LogP) is 3.65. The van der Waals surface area contributed by atoms with E-state index in [9.17, 15) is 0 Å². The molecule has 0 bridgehead atoms. The van der Waals surface area contributed by atoms with Gasteiger partial charge in [0.05, 0.1) is 19.7 Å². The molecule has 0 N–H and O–H groups in total. The van der Waals surface area contributed by atoms with Crippen LogP contribution in [0.15, 0.2) is 48.5 Å². The predicted molar refractivity (Wildman–Crippen MR) is 101 cm³/mol. The van der Waals surface area contributed by atoms with Crippen LogP contribution in [0.4, 0.5) is 0 Å². The van der Waals surface area contributed by atoms with Crippen molar-refractivity contribution in [1.82, 2.24) is 9.88 Å². The largest absolute Gasteiger partial charge is 0.493 e. The molecule has 4 rings (SSSR count). The third kappa shape index (κ3) is 3.30. The van der Waals surface area contributed by atoms with Crippen molar-refractivity contribution in [2.75, 3.05) is 27.4 Å². The Morgan fingerprint density at radius 1 is 1.04 bits per heavy atom. The number of nitrogens with zero attached hydrogens (tertiary/aromatic N) is 2. The van der Waals surface area contributed by atoms with Gasteiger partial charge in [0.2, 0.25) is 5.88 Å². The first-order chi connectivity index (χ1) is 12.8. The van der Waals surface area contributed by atoms with Crippen molar-refractivity contribution in [2.24, 2.45) is 0 Å². The van der Waals surface area contributed by atoms with E-state index < -0.39 is 0 Å². The molecule has 0 saturated heterocycles. The van der Waals surface area contributed by atoms with Crippen LogP contribution in [0.25, 0.3) is 10.9 Å². The maximum absolute atomic E-state index is 5.93. The van der Waals surface area contributed by atoms with E-state index in [0.717, 1.165) is 36.1 Å². The molecule has 1 aliphatic rings. The molecule has 1 aliphatic heterocycles. The van der Waals surface area contributed by atoms with E-state index in [2.05, 4.69) is 35.2 Å². The van der Waals surface area contributed by atoms with Gasteiger partial charge in [-0.15, -0.1) is 0 Å². The van der Waals surface area contributed by atoms with Crippen molar-refractivity contribution in [3.8, 4) is 17.4 Å². The second kappa shape index (κ2) is 7.22. The first kappa shape index (κ1) is 16.7. The van der Waals surface area contributed by atoms with E-state index >= 15 is 0 Å². The molecular formula is C21H22N2O3. The van der Waals surface area contributed by atoms with E-state index in [1.165, 1.54) is 5.56 Å². The molecule has 0 spiro atoms. The van der Waals surface area contributed by atoms with Crippen molar-refractivity contribution in [3.63, 3.8) is 0 Å². The van der Waals surface area contributed by atoms with Gasteiger partial charge in [-0.25, -0.2) is 4.98 Å². The zero-order valence-electron chi connectivity index (χ0n) is 15.1. The lowest BCUT2D eigenvalue weighted by Crippen LogP contribution is -2.25. The standard InChI is InChI=1S/C21H22N2O3/c1-24-19-11-16-10-17-14-23(13-15-6-4-3-5-7-15)8-9-26-21(17)22-18(16)12-20(19)25-2/h3-7,10-12H,8-9,13-14H2,1-2H3. The molecule has 0 radical (unpaired) electrons. The maximum atomic E-state index is 5.93. The van der Waals surface area contributed by atoms with Crippen molar-refractivity contribution < 1.29 is 14.2 Å². The van der Waals surface area contributed by atoms with Crippen LogP contribution in [-0.4, -0.2) is 37.3 Å². The van der Waals surface area contributed by atoms with Crippen molar-refractivity contribution >= 4 is 10.9 Å². The topological polar surface area (TPSA) is 43.8 Å². The number of rotatable bonds is 4. The van der Waals surface area contributed by atoms with Gasteiger partial charge in [-0.1, -0.05) is 30.3 Å². The van der Waals surface area contributed by atoms with Crippen molar-refractivity contribution in [1.29, 1.82) is 0 Å². The van der Waals surface area contributed by atoms with Crippen LogP contribution in [0.5, 0.6) is 17.4 Å². The Kier molecular flexibility index (Phi) is 4.63. The van der Waals surface area contributed by atoms with Crippen molar-refractivity contribution in [2.45, 2.75) is 13.1 Å². The molecule has 0 amide bonds. The Balaban J connectivity index is 1.67. The molecule has 2 aromatic carbocycles. The molecule has 2 heterocycles. The smallest absolute Gasteiger partial charge is 0.218 e. The lowest BCUT2D eigenvalue weighted by molar-refractivity contribution is 0.217. The van der Waals surface area contributed by atoms with Gasteiger partial charge in [0.1, 0.15) is 6.61 Å². The summed E-state index contributed by atoms with van der Waals surface area (Å²) in [6, 6.07) is 16.5. The van der Waals surface area contributed by atoms with Gasteiger partial charge in [-0.3, -0.25) is 4.90 Å². The minimum atomic E-state index is 0.631. The summed E-state index contributed by atoms with van der Waals surface area (Å²) in [7, 11) is 3.27. The molecule has 0 saturated carbocycles. The highest BCUT2D eigenvalue weighted by Gasteiger charge is 2.18. The first-order valence-electron chi connectivity index (χ1n) is 8.71. The molecule has 1 aromatic heterocycles. The zero-order valence-corrected chi connectivity index (χ0v) is 15.1. The van der Waals surface area contributed by atoms with Gasteiger partial charge in [0.25, 0.3) is 0 Å². The highest BCUT2D eigenvalue weighted by Crippen LogP contribution is 2.34. The van der Waals surface area contributed by atoms with Gasteiger partial charge >= 0.3 is 0 Å². The summed E-state index contributed by atoms with van der Waals surface area (Å²) in [6.07, 6.45) is 0. The minimum absolute atomic E-state index is 0.631. The highest BCUT2D eigenvalue weighted by molar-refractivity contribution is 5.84. The summed E-state index contributed by atoms with van der Waals surface area (Å²) in [6.45, 7) is 3.20. The average Bonchev–Trinajstić information content (AvgIpc) is 2.87. The lowest BCUT2D eigenvalue weighted by atomic mass is 10.1. The molecular weight excluding hydrogens is 328 g/mol. The fourth-order valence-electron chi connectivity index (χ4n) is 3.33. The van der Waals surface area contributed by atoms with Crippen LogP contribution in [0.1, 0.15) is 11.1 Å². The lowest BCUT2D eigenvalue weighted by Gasteiger charge is -2.19. The number of benzene rings is 2. The summed E-state index contributed by atoms with van der Waals surface area (Å²) in [4.78, 5) is 7.10. The monoisotopic (exact) mass is 350 g/mol. The van der Waals surface area contributed by atoms with Crippen LogP contribution in [-0.2, 0) is 13.1 Å². The van der Waals surface area contributed by atoms with Crippen LogP contribution in [0.2, 0.25) is 0 Å².